The van der Waals surface area contributed by atoms with Gasteiger partial charge in [0.05, 0.1) is 13.2 Å². The fourth-order valence-electron chi connectivity index (χ4n) is 5.50. The van der Waals surface area contributed by atoms with Crippen LogP contribution in [-0.2, 0) is 4.79 Å². The number of rotatable bonds is 7. The number of methoxy groups -OCH3 is 1. The number of H-pyrrole nitrogens is 1. The first-order chi connectivity index (χ1) is 19.5. The van der Waals surface area contributed by atoms with Crippen molar-refractivity contribution in [3.8, 4) is 11.5 Å². The Balaban J connectivity index is 1.27. The molecular weight excluding hydrogens is 522 g/mol. The number of fused-ring (bicyclic) bond motifs is 3. The topological polar surface area (TPSA) is 75.4 Å². The number of hydrogen-bond donors (Lipinski definition) is 3. The van der Waals surface area contributed by atoms with Crippen LogP contribution in [0.1, 0.15) is 39.9 Å². The fourth-order valence-corrected chi connectivity index (χ4v) is 5.76. The van der Waals surface area contributed by atoms with E-state index in [-0.39, 0.29) is 24.5 Å². The molecule has 0 radical (unpaired) electrons. The quantitative estimate of drug-likeness (QED) is 0.204. The maximum atomic E-state index is 12.5. The molecule has 40 heavy (non-hydrogen) atoms. The Labute approximate surface area is 238 Å². The van der Waals surface area contributed by atoms with E-state index >= 15 is 0 Å². The van der Waals surface area contributed by atoms with Crippen LogP contribution in [-0.4, -0.2) is 31.2 Å². The van der Waals surface area contributed by atoms with Gasteiger partial charge in [-0.25, -0.2) is 0 Å². The molecule has 0 spiro atoms. The third kappa shape index (κ3) is 5.04. The van der Waals surface area contributed by atoms with Crippen molar-refractivity contribution in [2.45, 2.75) is 18.9 Å². The number of para-hydroxylation sites is 1. The van der Waals surface area contributed by atoms with E-state index in [4.69, 9.17) is 21.1 Å². The molecule has 0 saturated carbocycles. The minimum absolute atomic E-state index is 0.0890. The number of anilines is 1. The van der Waals surface area contributed by atoms with Gasteiger partial charge < -0.3 is 25.1 Å². The van der Waals surface area contributed by atoms with Gasteiger partial charge in [0, 0.05) is 39.8 Å². The predicted molar refractivity (Wildman–Crippen MR) is 160 cm³/mol. The molecule has 1 aromatic heterocycles. The SMILES string of the molecule is COc1cc(C2NCC(c3ccccc3Cl)c3c2[nH]c2ccccc32)ccc1OCC(=O)Nc1ccc(C)cc1. The molecule has 6 nitrogen and oxygen atoms in total. The molecule has 202 valence electrons. The van der Waals surface area contributed by atoms with Crippen molar-refractivity contribution in [1.29, 1.82) is 0 Å². The van der Waals surface area contributed by atoms with Gasteiger partial charge in [0.1, 0.15) is 0 Å². The van der Waals surface area contributed by atoms with Crippen LogP contribution in [0.3, 0.4) is 0 Å². The number of carbonyl (C=O) groups excluding carboxylic acids is 1. The summed E-state index contributed by atoms with van der Waals surface area (Å²) < 4.78 is 11.5. The van der Waals surface area contributed by atoms with Gasteiger partial charge in [0.25, 0.3) is 5.91 Å². The first-order valence-corrected chi connectivity index (χ1v) is 13.6. The Bertz CT molecular complexity index is 1680. The molecule has 5 aromatic rings. The van der Waals surface area contributed by atoms with Crippen molar-refractivity contribution in [3.05, 3.63) is 124 Å². The zero-order valence-corrected chi connectivity index (χ0v) is 23.1. The van der Waals surface area contributed by atoms with E-state index in [9.17, 15) is 4.79 Å². The van der Waals surface area contributed by atoms with Crippen LogP contribution in [0.25, 0.3) is 10.9 Å². The van der Waals surface area contributed by atoms with Gasteiger partial charge >= 0.3 is 0 Å². The second kappa shape index (κ2) is 11.1. The van der Waals surface area contributed by atoms with Crippen LogP contribution >= 0.6 is 11.6 Å². The third-order valence-corrected chi connectivity index (χ3v) is 7.78. The molecule has 3 N–H and O–H groups in total. The highest BCUT2D eigenvalue weighted by Gasteiger charge is 2.33. The van der Waals surface area contributed by atoms with Crippen LogP contribution in [0, 0.1) is 6.92 Å². The summed E-state index contributed by atoms with van der Waals surface area (Å²) in [5.41, 5.74) is 7.43. The molecule has 6 rings (SSSR count). The molecule has 0 bridgehead atoms. The Morgan fingerprint density at radius 2 is 1.75 bits per heavy atom. The van der Waals surface area contributed by atoms with Gasteiger partial charge in [-0.05, 0) is 60.0 Å². The van der Waals surface area contributed by atoms with Crippen LogP contribution in [0.5, 0.6) is 11.5 Å². The summed E-state index contributed by atoms with van der Waals surface area (Å²) in [5.74, 6) is 0.935. The summed E-state index contributed by atoms with van der Waals surface area (Å²) in [6.45, 7) is 2.60. The lowest BCUT2D eigenvalue weighted by molar-refractivity contribution is -0.118. The van der Waals surface area contributed by atoms with Crippen molar-refractivity contribution < 1.29 is 14.3 Å². The van der Waals surface area contributed by atoms with E-state index < -0.39 is 0 Å². The number of halogens is 1. The smallest absolute Gasteiger partial charge is 0.262 e. The summed E-state index contributed by atoms with van der Waals surface area (Å²) >= 11 is 6.66. The molecule has 0 aliphatic carbocycles. The summed E-state index contributed by atoms with van der Waals surface area (Å²) in [6, 6.07) is 29.8. The number of carbonyl (C=O) groups is 1. The number of aromatic amines is 1. The monoisotopic (exact) mass is 551 g/mol. The zero-order chi connectivity index (χ0) is 27.6. The van der Waals surface area contributed by atoms with Gasteiger partial charge in [0.15, 0.2) is 18.1 Å². The predicted octanol–water partition coefficient (Wildman–Crippen LogP) is 6.98. The molecule has 2 atom stereocenters. The lowest BCUT2D eigenvalue weighted by Gasteiger charge is -2.32. The van der Waals surface area contributed by atoms with Gasteiger partial charge in [-0.3, -0.25) is 4.79 Å². The Kier molecular flexibility index (Phi) is 7.20. The molecule has 0 fully saturated rings. The van der Waals surface area contributed by atoms with Crippen LogP contribution in [0.15, 0.2) is 91.0 Å². The minimum Gasteiger partial charge on any atom is -0.493 e. The number of amides is 1. The molecule has 1 aliphatic rings. The summed E-state index contributed by atoms with van der Waals surface area (Å²) in [7, 11) is 1.61. The molecule has 1 aliphatic heterocycles. The zero-order valence-electron chi connectivity index (χ0n) is 22.3. The van der Waals surface area contributed by atoms with Crippen molar-refractivity contribution in [1.82, 2.24) is 10.3 Å². The lowest BCUT2D eigenvalue weighted by Crippen LogP contribution is -2.34. The van der Waals surface area contributed by atoms with Crippen molar-refractivity contribution >= 4 is 34.1 Å². The first-order valence-electron chi connectivity index (χ1n) is 13.3. The minimum atomic E-state index is -0.239. The van der Waals surface area contributed by atoms with Crippen molar-refractivity contribution in [2.24, 2.45) is 0 Å². The number of nitrogens with one attached hydrogen (secondary N) is 3. The van der Waals surface area contributed by atoms with E-state index in [2.05, 4.69) is 39.9 Å². The first kappa shape index (κ1) is 26.0. The molecule has 2 heterocycles. The molecule has 0 saturated heterocycles. The van der Waals surface area contributed by atoms with Crippen molar-refractivity contribution in [3.63, 3.8) is 0 Å². The molecule has 7 heteroatoms. The van der Waals surface area contributed by atoms with Gasteiger partial charge in [0.2, 0.25) is 0 Å². The maximum Gasteiger partial charge on any atom is 0.262 e. The Morgan fingerprint density at radius 1 is 0.975 bits per heavy atom. The fraction of sp³-hybridized carbons (Fsp3) is 0.182. The standard InChI is InChI=1S/C33H30ClN3O3/c1-20-11-14-22(15-12-20)36-30(38)19-40-28-16-13-21(17-29(28)39-2)32-33-31(24-8-4-6-10-27(24)37-33)25(18-35-32)23-7-3-5-9-26(23)34/h3-17,25,32,35,37H,18-19H2,1-2H3,(H,36,38). The average molecular weight is 552 g/mol. The molecule has 4 aromatic carbocycles. The van der Waals surface area contributed by atoms with Crippen LogP contribution < -0.4 is 20.1 Å². The number of aryl methyl sites for hydroxylation is 1. The van der Waals surface area contributed by atoms with E-state index in [1.54, 1.807) is 7.11 Å². The number of hydrogen-bond acceptors (Lipinski definition) is 4. The normalized spacial score (nSPS) is 16.4. The molecular formula is C33H30ClN3O3. The van der Waals surface area contributed by atoms with E-state index in [1.807, 2.05) is 73.7 Å². The Morgan fingerprint density at radius 3 is 2.55 bits per heavy atom. The summed E-state index contributed by atoms with van der Waals surface area (Å²) in [5, 5.41) is 8.54. The summed E-state index contributed by atoms with van der Waals surface area (Å²) in [4.78, 5) is 16.2. The van der Waals surface area contributed by atoms with E-state index in [0.29, 0.717) is 11.5 Å². The molecule has 2 unspecified atom stereocenters. The maximum absolute atomic E-state index is 12.5. The lowest BCUT2D eigenvalue weighted by atomic mass is 9.83. The van der Waals surface area contributed by atoms with Gasteiger partial charge in [-0.2, -0.15) is 0 Å². The molecule has 1 amide bonds. The van der Waals surface area contributed by atoms with E-state index in [0.717, 1.165) is 45.2 Å². The highest BCUT2D eigenvalue weighted by atomic mass is 35.5. The summed E-state index contributed by atoms with van der Waals surface area (Å²) in [6.07, 6.45) is 0. The Hall–Kier alpha value is -4.26. The highest BCUT2D eigenvalue weighted by Crippen LogP contribution is 2.44. The van der Waals surface area contributed by atoms with Crippen LogP contribution in [0.4, 0.5) is 5.69 Å². The number of benzene rings is 4. The van der Waals surface area contributed by atoms with Gasteiger partial charge in [-0.15, -0.1) is 0 Å². The van der Waals surface area contributed by atoms with Gasteiger partial charge in [-0.1, -0.05) is 71.8 Å². The van der Waals surface area contributed by atoms with Crippen LogP contribution in [0.2, 0.25) is 5.02 Å². The second-order valence-corrected chi connectivity index (χ2v) is 10.4. The number of ether oxygens (including phenoxy) is 2. The highest BCUT2D eigenvalue weighted by molar-refractivity contribution is 6.31. The van der Waals surface area contributed by atoms with Crippen molar-refractivity contribution in [2.75, 3.05) is 25.6 Å². The average Bonchev–Trinajstić information content (AvgIpc) is 3.37. The van der Waals surface area contributed by atoms with E-state index in [1.165, 1.54) is 10.9 Å². The largest absolute Gasteiger partial charge is 0.493 e. The number of aromatic nitrogens is 1. The second-order valence-electron chi connectivity index (χ2n) is 10.0. The third-order valence-electron chi connectivity index (χ3n) is 7.44.